The number of amides is 2. The number of allylic oxidation sites excluding steroid dienone is 2. The van der Waals surface area contributed by atoms with E-state index in [1.165, 1.54) is 25.7 Å². The van der Waals surface area contributed by atoms with Gasteiger partial charge in [-0.2, -0.15) is 0 Å². The average Bonchev–Trinajstić information content (AvgIpc) is 0.788. The van der Waals surface area contributed by atoms with E-state index in [-0.39, 0.29) is 32.1 Å². The molecule has 0 aromatic carbocycles. The normalized spacial score (nSPS) is 21.9. The van der Waals surface area contributed by atoms with Crippen LogP contribution in [-0.2, 0) is 75.4 Å². The number of ether oxygens (including phenoxy) is 6. The van der Waals surface area contributed by atoms with E-state index in [9.17, 15) is 77.9 Å². The Balaban J connectivity index is 2.69. The molecule has 0 bridgehead atoms. The summed E-state index contributed by atoms with van der Waals surface area (Å²) in [5, 5.41) is 50.3. The van der Waals surface area contributed by atoms with E-state index in [1.54, 1.807) is 0 Å². The van der Waals surface area contributed by atoms with Crippen molar-refractivity contribution in [2.24, 2.45) is 0 Å². The van der Waals surface area contributed by atoms with Crippen LogP contribution in [0.15, 0.2) is 12.2 Å². The van der Waals surface area contributed by atoms with Gasteiger partial charge in [0.05, 0.1) is 51.1 Å². The van der Waals surface area contributed by atoms with Crippen LogP contribution in [0.2, 0.25) is 0 Å². The molecule has 596 valence electrons. The Morgan fingerprint density at radius 1 is 0.451 bits per heavy atom. The molecule has 0 aliphatic carbocycles. The van der Waals surface area contributed by atoms with Crippen LogP contribution in [0.1, 0.15) is 330 Å². The number of phosphoric acid groups is 2. The highest BCUT2D eigenvalue weighted by Crippen LogP contribution is 2.44. The number of phosphoric ester groups is 2. The van der Waals surface area contributed by atoms with Gasteiger partial charge in [-0.15, -0.1) is 0 Å². The van der Waals surface area contributed by atoms with Crippen LogP contribution in [0.25, 0.3) is 0 Å². The SMILES string of the molecule is CCCCCC/C=C\CCCCCC(=O)O[C@H](CCCCCCCCCCC)CC(=O)N[C@H]1[C@H](OC[C@H]2O[C@H](OP(=O)(O)O)[C@H](NC(=O)CC(=O)CCCCCCCCCCC)[C@@H](OC(=O)C[C@H](O)CCCCCCC)[C@@H]2O)O[C@H](CO)[C@@H](OP(=O)(O)O)[C@@H]1OC(=O)C[C@H](O)CCCCCCC. The smallest absolute Gasteiger partial charge is 0.462 e. The van der Waals surface area contributed by atoms with Crippen LogP contribution in [0, 0.1) is 0 Å². The Kier molecular flexibility index (Phi) is 53.7. The molecule has 0 unspecified atom stereocenters. The highest BCUT2D eigenvalue weighted by molar-refractivity contribution is 7.46. The summed E-state index contributed by atoms with van der Waals surface area (Å²) in [5.74, 6) is -5.19. The summed E-state index contributed by atoms with van der Waals surface area (Å²) < 4.78 is 71.9. The van der Waals surface area contributed by atoms with Crippen LogP contribution >= 0.6 is 15.6 Å². The molecule has 28 heteroatoms. The number of aliphatic hydroxyl groups excluding tert-OH is 4. The fourth-order valence-electron chi connectivity index (χ4n) is 12.8. The lowest BCUT2D eigenvalue weighted by molar-refractivity contribution is -0.296. The number of unbranched alkanes of at least 4 members (excludes halogenated alkanes) is 31. The van der Waals surface area contributed by atoms with Crippen molar-refractivity contribution in [3.8, 4) is 0 Å². The summed E-state index contributed by atoms with van der Waals surface area (Å²) in [6.45, 7) is 8.44. The van der Waals surface area contributed by atoms with Crippen molar-refractivity contribution in [2.75, 3.05) is 13.2 Å². The number of aliphatic hydroxyl groups is 4. The van der Waals surface area contributed by atoms with Gasteiger partial charge in [-0.05, 0) is 64.2 Å². The molecule has 0 saturated carbocycles. The predicted octanol–water partition coefficient (Wildman–Crippen LogP) is 13.0. The van der Waals surface area contributed by atoms with Crippen molar-refractivity contribution in [1.82, 2.24) is 10.6 Å². The van der Waals surface area contributed by atoms with E-state index in [0.717, 1.165) is 180 Å². The Morgan fingerprint density at radius 2 is 0.853 bits per heavy atom. The summed E-state index contributed by atoms with van der Waals surface area (Å²) >= 11 is 0. The number of ketones is 1. The Labute approximate surface area is 609 Å². The lowest BCUT2D eigenvalue weighted by Gasteiger charge is -2.47. The number of carbonyl (C=O) groups is 6. The van der Waals surface area contributed by atoms with E-state index in [4.69, 9.17) is 37.5 Å². The summed E-state index contributed by atoms with van der Waals surface area (Å²) in [7, 11) is -11.3. The largest absolute Gasteiger partial charge is 0.472 e. The molecule has 0 aromatic heterocycles. The molecular formula is C74H136N2O24P2. The second-order valence-electron chi connectivity index (χ2n) is 28.1. The third kappa shape index (κ3) is 46.0. The minimum Gasteiger partial charge on any atom is -0.462 e. The van der Waals surface area contributed by atoms with Gasteiger partial charge < -0.3 is 79.1 Å². The van der Waals surface area contributed by atoms with Gasteiger partial charge >= 0.3 is 33.6 Å². The maximum absolute atomic E-state index is 14.8. The van der Waals surface area contributed by atoms with E-state index >= 15 is 0 Å². The number of esters is 3. The first-order valence-electron chi connectivity index (χ1n) is 39.3. The molecule has 10 N–H and O–H groups in total. The third-order valence-corrected chi connectivity index (χ3v) is 19.6. The third-order valence-electron chi connectivity index (χ3n) is 18.6. The quantitative estimate of drug-likeness (QED) is 0.00675. The van der Waals surface area contributed by atoms with Gasteiger partial charge in [0, 0.05) is 12.8 Å². The van der Waals surface area contributed by atoms with Gasteiger partial charge in [-0.3, -0.25) is 37.8 Å². The second kappa shape index (κ2) is 57.8. The fraction of sp³-hybridized carbons (Fsp3) is 0.892. The monoisotopic (exact) mass is 1500 g/mol. The lowest BCUT2D eigenvalue weighted by atomic mass is 9.95. The van der Waals surface area contributed by atoms with Gasteiger partial charge in [0.25, 0.3) is 0 Å². The van der Waals surface area contributed by atoms with Gasteiger partial charge in [-0.25, -0.2) is 9.13 Å². The van der Waals surface area contributed by atoms with Crippen molar-refractivity contribution in [3.63, 3.8) is 0 Å². The van der Waals surface area contributed by atoms with Crippen LogP contribution in [0.3, 0.4) is 0 Å². The number of nitrogens with one attached hydrogen (secondary N) is 2. The molecule has 2 rings (SSSR count). The van der Waals surface area contributed by atoms with Crippen LogP contribution in [0.5, 0.6) is 0 Å². The van der Waals surface area contributed by atoms with Gasteiger partial charge in [0.2, 0.25) is 11.8 Å². The minimum atomic E-state index is -5.66. The highest BCUT2D eigenvalue weighted by Gasteiger charge is 2.55. The Bertz CT molecular complexity index is 2360. The van der Waals surface area contributed by atoms with Gasteiger partial charge in [-0.1, -0.05) is 239 Å². The number of carbonyl (C=O) groups excluding carboxylic acids is 6. The van der Waals surface area contributed by atoms with Crippen LogP contribution in [0.4, 0.5) is 0 Å². The summed E-state index contributed by atoms with van der Waals surface area (Å²) in [5.41, 5.74) is 0. The Hall–Kier alpha value is -3.30. The molecule has 2 fully saturated rings. The van der Waals surface area contributed by atoms with E-state index in [2.05, 4.69) is 43.6 Å². The van der Waals surface area contributed by atoms with Gasteiger partial charge in [0.1, 0.15) is 48.4 Å². The summed E-state index contributed by atoms with van der Waals surface area (Å²) in [6, 6.07) is -3.86. The highest BCUT2D eigenvalue weighted by atomic mass is 31.2. The molecule has 2 amide bonds. The van der Waals surface area contributed by atoms with Gasteiger partial charge in [0.15, 0.2) is 24.8 Å². The maximum atomic E-state index is 14.8. The number of Topliss-reactive ketones (excluding diaryl/α,β-unsaturated/α-hetero) is 1. The second-order valence-corrected chi connectivity index (χ2v) is 30.5. The molecule has 26 nitrogen and oxygen atoms in total. The van der Waals surface area contributed by atoms with E-state index < -0.39 is 170 Å². The molecule has 2 saturated heterocycles. The van der Waals surface area contributed by atoms with Crippen molar-refractivity contribution in [1.29, 1.82) is 0 Å². The molecule has 2 heterocycles. The number of hydrogen-bond acceptors (Lipinski definition) is 20. The Morgan fingerprint density at radius 3 is 1.33 bits per heavy atom. The van der Waals surface area contributed by atoms with Crippen LogP contribution < -0.4 is 10.6 Å². The van der Waals surface area contributed by atoms with Crippen LogP contribution in [-0.4, -0.2) is 168 Å². The summed E-state index contributed by atoms with van der Waals surface area (Å²) in [6.07, 6.45) is 17.1. The number of rotatable bonds is 64. The molecule has 0 spiro atoms. The first-order valence-corrected chi connectivity index (χ1v) is 42.3. The van der Waals surface area contributed by atoms with Crippen molar-refractivity contribution >= 4 is 51.2 Å². The van der Waals surface area contributed by atoms with E-state index in [0.29, 0.717) is 32.1 Å². The van der Waals surface area contributed by atoms with Crippen molar-refractivity contribution in [2.45, 2.75) is 410 Å². The molecular weight excluding hydrogens is 1360 g/mol. The fourth-order valence-corrected chi connectivity index (χ4v) is 13.9. The number of hydrogen-bond donors (Lipinski definition) is 10. The lowest BCUT2D eigenvalue weighted by Crippen LogP contribution is -2.68. The molecule has 2 aliphatic rings. The van der Waals surface area contributed by atoms with E-state index in [1.807, 2.05) is 13.8 Å². The topological polar surface area (TPSA) is 396 Å². The molecule has 2 aliphatic heterocycles. The first-order chi connectivity index (χ1) is 48.9. The van der Waals surface area contributed by atoms with Crippen molar-refractivity contribution in [3.05, 3.63) is 12.2 Å². The molecule has 0 aromatic rings. The average molecular weight is 1500 g/mol. The minimum absolute atomic E-state index is 0.0319. The molecule has 102 heavy (non-hydrogen) atoms. The van der Waals surface area contributed by atoms with Crippen molar-refractivity contribution < 1.29 is 115 Å². The molecule has 0 radical (unpaired) electrons. The molecule has 13 atom stereocenters. The zero-order chi connectivity index (χ0) is 75.4. The maximum Gasteiger partial charge on any atom is 0.472 e. The zero-order valence-electron chi connectivity index (χ0n) is 62.6. The first kappa shape index (κ1) is 94.8. The summed E-state index contributed by atoms with van der Waals surface area (Å²) in [4.78, 5) is 125. The standard InChI is InChI=1S/C74H136N2O24P2/c1-6-11-16-21-24-27-28-31-34-39-44-49-64(83)94-59(48-43-38-33-30-26-23-18-13-8-3)53-63(82)76-68-72(98-66(85)52-58(80)47-41-36-20-15-10-5)70(99-101(87,88)89)60(54-77)95-73(68)93-55-61-69(86)71(97-65(84)51-57(79)46-40-35-19-14-9-4)67(74(96-61)100-102(90,91)92)75-62(81)50-56(78)45-42-37-32-29-25-22-17-12-7-2/h27-28,57-61,67-74,77,79-80,86H,6-26,29-55H2,1-5H3,(H,75,81)(H,76,82)(H2,87,88,89)(H2,90,91,92)/b28-27-/t57-,58-,59-,60-,61-,67-,68-,69-,70-,71-,72-,73-,74-/m1/s1. The predicted molar refractivity (Wildman–Crippen MR) is 387 cm³/mol. The zero-order valence-corrected chi connectivity index (χ0v) is 64.4.